The van der Waals surface area contributed by atoms with Crippen molar-refractivity contribution in [1.29, 1.82) is 0 Å². The number of aliphatic carboxylic acids is 1. The Morgan fingerprint density at radius 1 is 0.911 bits per heavy atom. The van der Waals surface area contributed by atoms with E-state index in [1.165, 1.54) is 23.3 Å². The molecule has 2 aromatic carbocycles. The molecule has 0 aromatic heterocycles. The third kappa shape index (κ3) is 12.4. The summed E-state index contributed by atoms with van der Waals surface area (Å²) in [5.41, 5.74) is 5.63. The predicted octanol–water partition coefficient (Wildman–Crippen LogP) is 8.04. The number of unbranched alkanes of at least 4 members (excludes halogenated alkanes) is 4. The molecule has 0 bridgehead atoms. The maximum atomic E-state index is 13.7. The molecule has 45 heavy (non-hydrogen) atoms. The maximum Gasteiger partial charge on any atom is 0.389 e. The third-order valence-corrected chi connectivity index (χ3v) is 10.3. The van der Waals surface area contributed by atoms with E-state index < -0.39 is 46.6 Å². The first kappa shape index (κ1) is 36.5. The van der Waals surface area contributed by atoms with Crippen molar-refractivity contribution in [3.63, 3.8) is 0 Å². The maximum absolute atomic E-state index is 13.7. The highest BCUT2D eigenvalue weighted by Gasteiger charge is 2.27. The number of allylic oxidation sites excluding steroid dienone is 2. The van der Waals surface area contributed by atoms with Gasteiger partial charge in [-0.15, -0.1) is 0 Å². The van der Waals surface area contributed by atoms with Crippen LogP contribution in [-0.4, -0.2) is 66.3 Å². The zero-order chi connectivity index (χ0) is 33.0. The molecule has 0 fully saturated rings. The molecular formula is C34H45F4NO5S. The number of benzene rings is 2. The lowest BCUT2D eigenvalue weighted by atomic mass is 9.89. The number of phenols is 1. The average molecular weight is 656 g/mol. The third-order valence-electron chi connectivity index (χ3n) is 8.44. The smallest absolute Gasteiger partial charge is 0.389 e. The highest BCUT2D eigenvalue weighted by atomic mass is 32.2. The fourth-order valence-electron chi connectivity index (χ4n) is 5.96. The quantitative estimate of drug-likeness (QED) is 0.125. The fraction of sp³-hybridized carbons (Fsp3) is 0.559. The number of rotatable bonds is 18. The van der Waals surface area contributed by atoms with Crippen LogP contribution in [0.25, 0.3) is 11.1 Å². The number of nitrogens with zero attached hydrogens (tertiary/aromatic N) is 1. The van der Waals surface area contributed by atoms with Crippen LogP contribution in [0.4, 0.5) is 17.6 Å². The van der Waals surface area contributed by atoms with E-state index in [0.717, 1.165) is 68.1 Å². The minimum Gasteiger partial charge on any atom is -0.508 e. The summed E-state index contributed by atoms with van der Waals surface area (Å²) in [6.07, 6.45) is 1.65. The average Bonchev–Trinajstić information content (AvgIpc) is 3.13. The second-order valence-corrected chi connectivity index (χ2v) is 14.3. The summed E-state index contributed by atoms with van der Waals surface area (Å²) in [5, 5.41) is 19.6. The van der Waals surface area contributed by atoms with Gasteiger partial charge in [0.25, 0.3) is 0 Å². The van der Waals surface area contributed by atoms with Crippen LogP contribution in [0.3, 0.4) is 0 Å². The van der Waals surface area contributed by atoms with Crippen LogP contribution < -0.4 is 0 Å². The number of hydrogen-bond donors (Lipinski definition) is 2. The van der Waals surface area contributed by atoms with Gasteiger partial charge in [0.2, 0.25) is 0 Å². The molecule has 1 aliphatic rings. The first-order valence-electron chi connectivity index (χ1n) is 15.8. The summed E-state index contributed by atoms with van der Waals surface area (Å²) in [5.74, 6) is -1.72. The van der Waals surface area contributed by atoms with E-state index in [1.54, 1.807) is 13.0 Å². The van der Waals surface area contributed by atoms with E-state index >= 15 is 0 Å². The highest BCUT2D eigenvalue weighted by molar-refractivity contribution is 7.91. The van der Waals surface area contributed by atoms with Crippen molar-refractivity contribution in [2.75, 3.05) is 24.6 Å². The van der Waals surface area contributed by atoms with E-state index in [1.807, 2.05) is 29.2 Å². The first-order chi connectivity index (χ1) is 21.3. The normalized spacial score (nSPS) is 14.8. The molecule has 0 saturated carbocycles. The lowest BCUT2D eigenvalue weighted by Crippen LogP contribution is -2.40. The standard InChI is InChI=1S/C34H45F4NO5S/c1-25(33(41)42)39(21-6-7-22-45(43,44)23-9-19-34(36,37)38)20-5-3-2-4-11-32-30(26-13-15-28(35)16-14-26)12-8-10-27-24-29(40)17-18-31(27)32/h13-18,24-25,40H,2-12,19-23H2,1H3,(H,41,42). The van der Waals surface area contributed by atoms with E-state index in [4.69, 9.17) is 0 Å². The summed E-state index contributed by atoms with van der Waals surface area (Å²) in [6.45, 7) is 2.53. The Morgan fingerprint density at radius 3 is 2.22 bits per heavy atom. The number of aromatic hydroxyl groups is 1. The number of alkyl halides is 3. The van der Waals surface area contributed by atoms with E-state index in [-0.39, 0.29) is 23.7 Å². The van der Waals surface area contributed by atoms with Crippen molar-refractivity contribution in [3.8, 4) is 5.75 Å². The van der Waals surface area contributed by atoms with Crippen molar-refractivity contribution in [2.45, 2.75) is 96.2 Å². The molecule has 11 heteroatoms. The van der Waals surface area contributed by atoms with Gasteiger partial charge in [0.15, 0.2) is 0 Å². The van der Waals surface area contributed by atoms with Crippen LogP contribution in [0.5, 0.6) is 5.75 Å². The Hall–Kier alpha value is -2.92. The van der Waals surface area contributed by atoms with Gasteiger partial charge < -0.3 is 10.2 Å². The number of phenolic OH excluding ortho intramolecular Hbond substituents is 1. The Morgan fingerprint density at radius 2 is 1.56 bits per heavy atom. The molecule has 250 valence electrons. The van der Waals surface area contributed by atoms with Crippen LogP contribution in [-0.2, 0) is 21.1 Å². The van der Waals surface area contributed by atoms with Gasteiger partial charge in [0, 0.05) is 6.42 Å². The van der Waals surface area contributed by atoms with Gasteiger partial charge in [-0.25, -0.2) is 12.8 Å². The van der Waals surface area contributed by atoms with Crippen LogP contribution in [0.2, 0.25) is 0 Å². The number of aryl methyl sites for hydroxylation is 1. The number of carbonyl (C=O) groups is 1. The number of carboxylic acid groups (broad SMARTS) is 1. The van der Waals surface area contributed by atoms with E-state index in [9.17, 15) is 41.0 Å². The first-order valence-corrected chi connectivity index (χ1v) is 17.6. The Labute approximate surface area is 264 Å². The van der Waals surface area contributed by atoms with Crippen molar-refractivity contribution in [3.05, 3.63) is 65.0 Å². The number of hydrogen-bond acceptors (Lipinski definition) is 5. The Kier molecular flexibility index (Phi) is 13.9. The molecule has 1 unspecified atom stereocenters. The molecule has 0 aliphatic heterocycles. The lowest BCUT2D eigenvalue weighted by molar-refractivity contribution is -0.142. The van der Waals surface area contributed by atoms with Gasteiger partial charge in [-0.3, -0.25) is 9.69 Å². The topological polar surface area (TPSA) is 94.9 Å². The Bertz CT molecular complexity index is 1390. The van der Waals surface area contributed by atoms with E-state index in [2.05, 4.69) is 0 Å². The highest BCUT2D eigenvalue weighted by Crippen LogP contribution is 2.39. The van der Waals surface area contributed by atoms with Crippen molar-refractivity contribution < 1.29 is 41.0 Å². The second kappa shape index (κ2) is 17.1. The van der Waals surface area contributed by atoms with Gasteiger partial charge in [-0.1, -0.05) is 31.0 Å². The summed E-state index contributed by atoms with van der Waals surface area (Å²) < 4.78 is 74.8. The minimum atomic E-state index is -4.38. The summed E-state index contributed by atoms with van der Waals surface area (Å²) in [7, 11) is -3.59. The molecular weight excluding hydrogens is 610 g/mol. The zero-order valence-corrected chi connectivity index (χ0v) is 26.7. The fourth-order valence-corrected chi connectivity index (χ4v) is 7.39. The van der Waals surface area contributed by atoms with Crippen LogP contribution in [0.15, 0.2) is 42.5 Å². The summed E-state index contributed by atoms with van der Waals surface area (Å²) in [4.78, 5) is 13.5. The Balaban J connectivity index is 1.52. The summed E-state index contributed by atoms with van der Waals surface area (Å²) in [6, 6.07) is 11.3. The van der Waals surface area contributed by atoms with Crippen molar-refractivity contribution >= 4 is 27.0 Å². The zero-order valence-electron chi connectivity index (χ0n) is 25.9. The predicted molar refractivity (Wildman–Crippen MR) is 169 cm³/mol. The number of halogens is 4. The van der Waals surface area contributed by atoms with Gasteiger partial charge in [-0.05, 0) is 130 Å². The van der Waals surface area contributed by atoms with Crippen LogP contribution in [0, 0.1) is 5.82 Å². The van der Waals surface area contributed by atoms with E-state index in [0.29, 0.717) is 19.5 Å². The SMILES string of the molecule is CC(C(=O)O)N(CCCCCCC1=C(c2ccc(F)cc2)CCCc2cc(O)ccc21)CCCCS(=O)(=O)CCCC(F)(F)F. The monoisotopic (exact) mass is 655 g/mol. The molecule has 0 heterocycles. The molecule has 3 rings (SSSR count). The molecule has 2 N–H and O–H groups in total. The molecule has 6 nitrogen and oxygen atoms in total. The number of fused-ring (bicyclic) bond motifs is 1. The largest absolute Gasteiger partial charge is 0.508 e. The van der Waals surface area contributed by atoms with Gasteiger partial charge >= 0.3 is 12.1 Å². The second-order valence-electron chi connectivity index (χ2n) is 12.0. The molecule has 0 saturated heterocycles. The van der Waals surface area contributed by atoms with Crippen LogP contribution >= 0.6 is 0 Å². The molecule has 1 atom stereocenters. The molecule has 0 spiro atoms. The molecule has 0 radical (unpaired) electrons. The molecule has 0 amide bonds. The summed E-state index contributed by atoms with van der Waals surface area (Å²) >= 11 is 0. The van der Waals surface area contributed by atoms with Crippen LogP contribution in [0.1, 0.15) is 94.2 Å². The van der Waals surface area contributed by atoms with Crippen molar-refractivity contribution in [2.24, 2.45) is 0 Å². The lowest BCUT2D eigenvalue weighted by Gasteiger charge is -2.26. The van der Waals surface area contributed by atoms with Gasteiger partial charge in [-0.2, -0.15) is 13.2 Å². The molecule has 1 aliphatic carbocycles. The number of sulfone groups is 1. The van der Waals surface area contributed by atoms with Gasteiger partial charge in [0.05, 0.1) is 11.5 Å². The van der Waals surface area contributed by atoms with Crippen molar-refractivity contribution in [1.82, 2.24) is 4.90 Å². The van der Waals surface area contributed by atoms with Gasteiger partial charge in [0.1, 0.15) is 27.4 Å². The number of carboxylic acids is 1. The minimum absolute atomic E-state index is 0.210. The molecule has 2 aromatic rings.